The fourth-order valence-corrected chi connectivity index (χ4v) is 4.54. The molecular weight excluding hydrogens is 425 g/mol. The minimum atomic E-state index is -2.83. The Morgan fingerprint density at radius 2 is 2.00 bits per heavy atom. The van der Waals surface area contributed by atoms with Gasteiger partial charge in [0.2, 0.25) is 5.91 Å². The van der Waals surface area contributed by atoms with E-state index in [-0.39, 0.29) is 17.9 Å². The predicted octanol–water partition coefficient (Wildman–Crippen LogP) is 4.10. The summed E-state index contributed by atoms with van der Waals surface area (Å²) in [5.74, 6) is 0.589. The summed E-state index contributed by atoms with van der Waals surface area (Å²) in [5, 5.41) is 7.89. The molecule has 2 unspecified atom stereocenters. The van der Waals surface area contributed by atoms with Crippen LogP contribution in [0.3, 0.4) is 0 Å². The molecule has 8 heteroatoms. The topological polar surface area (TPSA) is 93.5 Å². The molecule has 0 spiro atoms. The maximum atomic E-state index is 13.0. The van der Waals surface area contributed by atoms with E-state index in [1.807, 2.05) is 6.92 Å². The van der Waals surface area contributed by atoms with Crippen molar-refractivity contribution < 1.29 is 18.8 Å². The van der Waals surface area contributed by atoms with Crippen molar-refractivity contribution >= 4 is 14.2 Å². The summed E-state index contributed by atoms with van der Waals surface area (Å²) in [4.78, 5) is 21.6. The fraction of sp³-hybridized carbons (Fsp3) is 0.583. The molecule has 7 nitrogen and oxygen atoms in total. The molecule has 2 N–H and O–H groups in total. The van der Waals surface area contributed by atoms with Crippen molar-refractivity contribution in [3.63, 3.8) is 0 Å². The summed E-state index contributed by atoms with van der Waals surface area (Å²) < 4.78 is 16.8. The van der Waals surface area contributed by atoms with Gasteiger partial charge in [0.1, 0.15) is 0 Å². The van der Waals surface area contributed by atoms with Crippen molar-refractivity contribution in [3.8, 4) is 0 Å². The van der Waals surface area contributed by atoms with Crippen molar-refractivity contribution in [1.29, 1.82) is 0 Å². The highest BCUT2D eigenvalue weighted by molar-refractivity contribution is 7.32. The van der Waals surface area contributed by atoms with E-state index < -0.39 is 8.25 Å². The molecule has 1 aromatic heterocycles. The fourth-order valence-electron chi connectivity index (χ4n) is 4.22. The van der Waals surface area contributed by atoms with Gasteiger partial charge in [0.25, 0.3) is 0 Å². The first-order valence-corrected chi connectivity index (χ1v) is 12.7. The first-order chi connectivity index (χ1) is 15.2. The molecule has 0 amide bonds. The zero-order chi connectivity index (χ0) is 23.3. The summed E-state index contributed by atoms with van der Waals surface area (Å²) in [5.41, 5.74) is 5.89. The van der Waals surface area contributed by atoms with Gasteiger partial charge in [0, 0.05) is 13.0 Å². The molecule has 0 bridgehead atoms. The third kappa shape index (κ3) is 6.38. The largest absolute Gasteiger partial charge is 0.326 e. The highest BCUT2D eigenvalue weighted by Crippen LogP contribution is 2.40. The zero-order valence-electron chi connectivity index (χ0n) is 19.6. The average Bonchev–Trinajstić information content (AvgIpc) is 3.04. The Labute approximate surface area is 191 Å². The average molecular weight is 462 g/mol. The molecule has 1 heterocycles. The first-order valence-electron chi connectivity index (χ1n) is 11.4. The van der Waals surface area contributed by atoms with Gasteiger partial charge in [-0.2, -0.15) is 5.10 Å². The molecular formula is C24H36N3O4P. The molecule has 0 radical (unpaired) electrons. The Kier molecular flexibility index (Phi) is 8.45. The normalized spacial score (nSPS) is 18.3. The van der Waals surface area contributed by atoms with Crippen LogP contribution < -0.4 is 5.32 Å². The maximum Gasteiger partial charge on any atom is 0.316 e. The van der Waals surface area contributed by atoms with E-state index >= 15 is 0 Å². The smallest absolute Gasteiger partial charge is 0.316 e. The third-order valence-electron chi connectivity index (χ3n) is 6.70. The number of hydrogen-bond donors (Lipinski definition) is 2. The van der Waals surface area contributed by atoms with Gasteiger partial charge >= 0.3 is 8.25 Å². The molecule has 1 aliphatic rings. The summed E-state index contributed by atoms with van der Waals surface area (Å²) in [6.07, 6.45) is 3.70. The number of fused-ring (bicyclic) bond motifs is 1. The summed E-state index contributed by atoms with van der Waals surface area (Å²) in [7, 11) is -2.83. The summed E-state index contributed by atoms with van der Waals surface area (Å²) in [6, 6.07) is 8.28. The molecule has 0 saturated carbocycles. The Bertz CT molecular complexity index is 953. The van der Waals surface area contributed by atoms with E-state index in [1.165, 1.54) is 5.56 Å². The van der Waals surface area contributed by atoms with E-state index in [1.54, 1.807) is 4.68 Å². The minimum absolute atomic E-state index is 0.0691. The number of benzene rings is 1. The lowest BCUT2D eigenvalue weighted by atomic mass is 9.69. The Morgan fingerprint density at radius 3 is 2.69 bits per heavy atom. The van der Waals surface area contributed by atoms with E-state index in [9.17, 15) is 9.36 Å². The number of rotatable bonds is 10. The molecule has 0 saturated heterocycles. The van der Waals surface area contributed by atoms with Crippen LogP contribution in [0.4, 0.5) is 0 Å². The van der Waals surface area contributed by atoms with Crippen LogP contribution >= 0.6 is 8.25 Å². The van der Waals surface area contributed by atoms with E-state index in [0.29, 0.717) is 25.2 Å². The summed E-state index contributed by atoms with van der Waals surface area (Å²) >= 11 is 0. The van der Waals surface area contributed by atoms with Gasteiger partial charge in [-0.05, 0) is 67.2 Å². The second kappa shape index (κ2) is 10.9. The highest BCUT2D eigenvalue weighted by Gasteiger charge is 2.36. The lowest BCUT2D eigenvalue weighted by Gasteiger charge is -2.36. The van der Waals surface area contributed by atoms with Gasteiger partial charge in [-0.1, -0.05) is 45.0 Å². The molecule has 2 aromatic rings. The van der Waals surface area contributed by atoms with Gasteiger partial charge in [-0.25, -0.2) is 4.68 Å². The number of hydrogen-bond acceptors (Lipinski definition) is 5. The van der Waals surface area contributed by atoms with Crippen LogP contribution in [0.1, 0.15) is 66.5 Å². The lowest BCUT2D eigenvalue weighted by Crippen LogP contribution is -2.32. The SMILES string of the molecule is Cc1nn(C(=O)CCc2ccc(CNCCCO[PH](=O)O)cc2)c2c1CC(C)(C)C(C)C2. The molecule has 176 valence electrons. The molecule has 2 atom stereocenters. The molecule has 3 rings (SSSR count). The van der Waals surface area contributed by atoms with Crippen molar-refractivity contribution in [1.82, 2.24) is 15.1 Å². The van der Waals surface area contributed by atoms with Gasteiger partial charge in [-0.15, -0.1) is 0 Å². The molecule has 0 fully saturated rings. The number of nitrogens with zero attached hydrogens (tertiary/aromatic N) is 2. The van der Waals surface area contributed by atoms with Crippen molar-refractivity contribution in [2.45, 2.75) is 66.3 Å². The number of aryl methyl sites for hydroxylation is 2. The van der Waals surface area contributed by atoms with Crippen LogP contribution in [0, 0.1) is 18.3 Å². The Balaban J connectivity index is 1.49. The van der Waals surface area contributed by atoms with Crippen LogP contribution in [0.2, 0.25) is 0 Å². The van der Waals surface area contributed by atoms with Crippen LogP contribution in [0.5, 0.6) is 0 Å². The molecule has 1 aromatic carbocycles. The van der Waals surface area contributed by atoms with Gasteiger partial charge in [-0.3, -0.25) is 9.36 Å². The predicted molar refractivity (Wildman–Crippen MR) is 126 cm³/mol. The monoisotopic (exact) mass is 461 g/mol. The van der Waals surface area contributed by atoms with Crippen molar-refractivity contribution in [3.05, 3.63) is 52.3 Å². The van der Waals surface area contributed by atoms with Crippen LogP contribution in [-0.2, 0) is 34.9 Å². The number of nitrogens with one attached hydrogen (secondary N) is 1. The van der Waals surface area contributed by atoms with Crippen molar-refractivity contribution in [2.24, 2.45) is 11.3 Å². The van der Waals surface area contributed by atoms with Gasteiger partial charge < -0.3 is 14.7 Å². The second-order valence-corrected chi connectivity index (χ2v) is 10.4. The van der Waals surface area contributed by atoms with Crippen molar-refractivity contribution in [2.75, 3.05) is 13.2 Å². The highest BCUT2D eigenvalue weighted by atomic mass is 31.1. The molecule has 1 aliphatic carbocycles. The Hall–Kier alpha value is -1.79. The lowest BCUT2D eigenvalue weighted by molar-refractivity contribution is 0.0877. The summed E-state index contributed by atoms with van der Waals surface area (Å²) in [6.45, 7) is 10.6. The van der Waals surface area contributed by atoms with Gasteiger partial charge in [0.05, 0.1) is 18.0 Å². The first kappa shape index (κ1) is 24.8. The third-order valence-corrected chi connectivity index (χ3v) is 7.15. The molecule has 32 heavy (non-hydrogen) atoms. The standard InChI is InChI=1S/C24H36N3O4P/c1-17-14-22-21(15-24(17,3)4)18(2)26-27(22)23(28)11-10-19-6-8-20(9-7-19)16-25-12-5-13-31-32(29)30/h6-9,17,25,32H,5,10-16H2,1-4H3,(H,29,30). The number of carbonyl (C=O) groups excluding carboxylic acids is 1. The van der Waals surface area contributed by atoms with Crippen LogP contribution in [0.25, 0.3) is 0 Å². The maximum absolute atomic E-state index is 13.0. The second-order valence-electron chi connectivity index (χ2n) is 9.55. The zero-order valence-corrected chi connectivity index (χ0v) is 20.6. The Morgan fingerprint density at radius 1 is 1.31 bits per heavy atom. The number of carbonyl (C=O) groups is 1. The van der Waals surface area contributed by atoms with Crippen LogP contribution in [0.15, 0.2) is 24.3 Å². The van der Waals surface area contributed by atoms with E-state index in [4.69, 9.17) is 4.89 Å². The van der Waals surface area contributed by atoms with Gasteiger partial charge in [0.15, 0.2) is 0 Å². The van der Waals surface area contributed by atoms with E-state index in [0.717, 1.165) is 48.4 Å². The molecule has 0 aliphatic heterocycles. The quantitative estimate of drug-likeness (QED) is 0.409. The van der Waals surface area contributed by atoms with Crippen LogP contribution in [-0.4, -0.2) is 33.7 Å². The van der Waals surface area contributed by atoms with E-state index in [2.05, 4.69) is 60.0 Å². The minimum Gasteiger partial charge on any atom is -0.326 e. The number of aromatic nitrogens is 2.